The van der Waals surface area contributed by atoms with E-state index in [0.717, 1.165) is 6.20 Å². The van der Waals surface area contributed by atoms with Crippen LogP contribution in [-0.4, -0.2) is 39.0 Å². The fourth-order valence-electron chi connectivity index (χ4n) is 1.78. The van der Waals surface area contributed by atoms with Gasteiger partial charge in [0.2, 0.25) is 5.78 Å². The summed E-state index contributed by atoms with van der Waals surface area (Å²) in [6.07, 6.45) is 1.09. The third kappa shape index (κ3) is 2.92. The number of hydrogen-bond donors (Lipinski definition) is 2. The highest BCUT2D eigenvalue weighted by molar-refractivity contribution is 5.95. The predicted molar refractivity (Wildman–Crippen MR) is 74.1 cm³/mol. The maximum Gasteiger partial charge on any atom is 0.252 e. The number of ketones is 1. The van der Waals surface area contributed by atoms with E-state index in [-0.39, 0.29) is 0 Å². The number of aromatic nitrogens is 2. The average molecular weight is 290 g/mol. The molecule has 0 radical (unpaired) electrons. The molecular formula is C14H14N2O5. The second-order valence-electron chi connectivity index (χ2n) is 4.12. The molecule has 0 bridgehead atoms. The number of nitrogens with zero attached hydrogens (tertiary/aromatic N) is 2. The molecule has 0 amide bonds. The van der Waals surface area contributed by atoms with Crippen molar-refractivity contribution in [3.05, 3.63) is 46.4 Å². The Morgan fingerprint density at radius 1 is 1.38 bits per heavy atom. The molecule has 7 nitrogen and oxygen atoms in total. The van der Waals surface area contributed by atoms with Crippen molar-refractivity contribution in [2.24, 2.45) is 0 Å². The fourth-order valence-corrected chi connectivity index (χ4v) is 1.78. The van der Waals surface area contributed by atoms with Gasteiger partial charge in [-0.2, -0.15) is 5.10 Å². The smallest absolute Gasteiger partial charge is 0.252 e. The van der Waals surface area contributed by atoms with Crippen LogP contribution in [0.5, 0.6) is 11.5 Å². The summed E-state index contributed by atoms with van der Waals surface area (Å²) in [4.78, 5) is 23.2. The molecule has 1 aromatic carbocycles. The van der Waals surface area contributed by atoms with E-state index in [2.05, 4.69) is 5.10 Å². The van der Waals surface area contributed by atoms with Crippen LogP contribution in [0, 0.1) is 0 Å². The van der Waals surface area contributed by atoms with Gasteiger partial charge in [-0.25, -0.2) is 4.68 Å². The average Bonchev–Trinajstić information content (AvgIpc) is 2.50. The highest BCUT2D eigenvalue weighted by atomic mass is 16.5. The molecule has 0 spiro atoms. The Morgan fingerprint density at radius 3 is 2.76 bits per heavy atom. The van der Waals surface area contributed by atoms with Crippen LogP contribution in [0.15, 0.2) is 35.3 Å². The van der Waals surface area contributed by atoms with E-state index in [1.54, 1.807) is 24.3 Å². The van der Waals surface area contributed by atoms with E-state index in [1.807, 2.05) is 6.92 Å². The maximum absolute atomic E-state index is 11.7. The van der Waals surface area contributed by atoms with Gasteiger partial charge in [0.05, 0.1) is 12.8 Å². The fraction of sp³-hybridized carbons (Fsp3) is 0.214. The first kappa shape index (κ1) is 14.7. The molecule has 0 unspecified atom stereocenters. The molecule has 0 aliphatic heterocycles. The lowest BCUT2D eigenvalue weighted by Crippen LogP contribution is -2.23. The lowest BCUT2D eigenvalue weighted by molar-refractivity contribution is 0.0895. The maximum atomic E-state index is 11.7. The summed E-state index contributed by atoms with van der Waals surface area (Å²) >= 11 is 0. The van der Waals surface area contributed by atoms with Crippen molar-refractivity contribution in [3.8, 4) is 17.2 Å². The molecule has 0 saturated carbocycles. The zero-order valence-corrected chi connectivity index (χ0v) is 11.3. The minimum Gasteiger partial charge on any atom is -0.503 e. The van der Waals surface area contributed by atoms with Crippen molar-refractivity contribution in [1.82, 2.24) is 9.78 Å². The number of aliphatic hydroxyl groups excluding tert-OH is 1. The van der Waals surface area contributed by atoms with Crippen molar-refractivity contribution in [3.63, 3.8) is 0 Å². The molecule has 110 valence electrons. The van der Waals surface area contributed by atoms with Crippen LogP contribution in [0.25, 0.3) is 5.69 Å². The lowest BCUT2D eigenvalue weighted by atomic mass is 10.2. The largest absolute Gasteiger partial charge is 0.503 e. The van der Waals surface area contributed by atoms with Crippen LogP contribution in [0.3, 0.4) is 0 Å². The number of para-hydroxylation sites is 2. The Balaban J connectivity index is 2.63. The van der Waals surface area contributed by atoms with Crippen molar-refractivity contribution in [2.75, 3.05) is 13.2 Å². The Bertz CT molecular complexity index is 724. The van der Waals surface area contributed by atoms with Gasteiger partial charge < -0.3 is 14.9 Å². The molecule has 21 heavy (non-hydrogen) atoms. The van der Waals surface area contributed by atoms with E-state index < -0.39 is 29.3 Å². The number of hydrogen-bond acceptors (Lipinski definition) is 6. The highest BCUT2D eigenvalue weighted by Gasteiger charge is 2.17. The highest BCUT2D eigenvalue weighted by Crippen LogP contribution is 2.22. The SMILES string of the molecule is CCOc1ccccc1-n1cc(O)c(=O)c(C(=O)CO)n1. The topological polar surface area (TPSA) is 102 Å². The Morgan fingerprint density at radius 2 is 2.10 bits per heavy atom. The number of carbonyl (C=O) groups is 1. The van der Waals surface area contributed by atoms with Gasteiger partial charge in [-0.05, 0) is 19.1 Å². The number of ether oxygens (including phenoxy) is 1. The molecule has 1 aromatic heterocycles. The van der Waals surface area contributed by atoms with Gasteiger partial charge in [-0.1, -0.05) is 12.1 Å². The van der Waals surface area contributed by atoms with Crippen molar-refractivity contribution in [2.45, 2.75) is 6.92 Å². The Kier molecular flexibility index (Phi) is 4.34. The van der Waals surface area contributed by atoms with Crippen LogP contribution < -0.4 is 10.2 Å². The summed E-state index contributed by atoms with van der Waals surface area (Å²) in [5, 5.41) is 22.4. The van der Waals surface area contributed by atoms with E-state index in [1.165, 1.54) is 4.68 Å². The van der Waals surface area contributed by atoms with Gasteiger partial charge >= 0.3 is 0 Å². The quantitative estimate of drug-likeness (QED) is 0.778. The van der Waals surface area contributed by atoms with Gasteiger partial charge in [0.1, 0.15) is 18.0 Å². The molecule has 1 heterocycles. The van der Waals surface area contributed by atoms with Crippen LogP contribution in [-0.2, 0) is 0 Å². The normalized spacial score (nSPS) is 10.4. The first-order valence-electron chi connectivity index (χ1n) is 6.27. The van der Waals surface area contributed by atoms with Gasteiger partial charge in [0, 0.05) is 0 Å². The summed E-state index contributed by atoms with van der Waals surface area (Å²) < 4.78 is 6.60. The first-order valence-corrected chi connectivity index (χ1v) is 6.27. The third-order valence-electron chi connectivity index (χ3n) is 2.72. The van der Waals surface area contributed by atoms with Crippen LogP contribution >= 0.6 is 0 Å². The monoisotopic (exact) mass is 290 g/mol. The lowest BCUT2D eigenvalue weighted by Gasteiger charge is -2.12. The second-order valence-corrected chi connectivity index (χ2v) is 4.12. The number of benzene rings is 1. The molecule has 2 N–H and O–H groups in total. The van der Waals surface area contributed by atoms with E-state index in [0.29, 0.717) is 18.0 Å². The molecule has 2 rings (SSSR count). The third-order valence-corrected chi connectivity index (χ3v) is 2.72. The van der Waals surface area contributed by atoms with E-state index in [4.69, 9.17) is 9.84 Å². The minimum absolute atomic E-state index is 0.422. The molecule has 0 aliphatic carbocycles. The molecular weight excluding hydrogens is 276 g/mol. The molecule has 0 atom stereocenters. The number of aliphatic hydroxyl groups is 1. The van der Waals surface area contributed by atoms with Crippen molar-refractivity contribution >= 4 is 5.78 Å². The first-order chi connectivity index (χ1) is 10.1. The Hall–Kier alpha value is -2.67. The summed E-state index contributed by atoms with van der Waals surface area (Å²) in [7, 11) is 0. The molecule has 7 heteroatoms. The second kappa shape index (κ2) is 6.19. The zero-order valence-electron chi connectivity index (χ0n) is 11.3. The van der Waals surface area contributed by atoms with Gasteiger partial charge in [0.25, 0.3) is 5.43 Å². The predicted octanol–water partition coefficient (Wildman–Crippen LogP) is 0.512. The summed E-state index contributed by atoms with van der Waals surface area (Å²) in [5.74, 6) is -1.01. The van der Waals surface area contributed by atoms with Gasteiger partial charge in [-0.15, -0.1) is 0 Å². The van der Waals surface area contributed by atoms with E-state index in [9.17, 15) is 14.7 Å². The van der Waals surface area contributed by atoms with Gasteiger partial charge in [-0.3, -0.25) is 9.59 Å². The molecule has 0 aliphatic rings. The zero-order chi connectivity index (χ0) is 15.4. The molecule has 2 aromatic rings. The van der Waals surface area contributed by atoms with Crippen molar-refractivity contribution in [1.29, 1.82) is 0 Å². The van der Waals surface area contributed by atoms with Crippen LogP contribution in [0.1, 0.15) is 17.4 Å². The van der Waals surface area contributed by atoms with Gasteiger partial charge in [0.15, 0.2) is 11.4 Å². The summed E-state index contributed by atoms with van der Waals surface area (Å²) in [6.45, 7) is 1.37. The summed E-state index contributed by atoms with van der Waals surface area (Å²) in [5.41, 5.74) is -0.982. The molecule has 0 saturated heterocycles. The Labute approximate surface area is 120 Å². The standard InChI is InChI=1S/C14H14N2O5/c1-2-21-12-6-4-3-5-9(12)16-7-10(18)14(20)13(15-16)11(19)8-17/h3-7,17-18H,2,8H2,1H3. The van der Waals surface area contributed by atoms with Crippen LogP contribution in [0.4, 0.5) is 0 Å². The number of aromatic hydroxyl groups is 1. The minimum atomic E-state index is -0.917. The number of Topliss-reactive ketones (excluding diaryl/α,β-unsaturated/α-hetero) is 1. The number of rotatable bonds is 5. The van der Waals surface area contributed by atoms with Crippen LogP contribution in [0.2, 0.25) is 0 Å². The number of carbonyl (C=O) groups excluding carboxylic acids is 1. The summed E-state index contributed by atoms with van der Waals surface area (Å²) in [6, 6.07) is 6.84. The molecule has 0 fully saturated rings. The van der Waals surface area contributed by atoms with Crippen molar-refractivity contribution < 1.29 is 19.7 Å². The van der Waals surface area contributed by atoms with E-state index >= 15 is 0 Å².